The van der Waals surface area contributed by atoms with E-state index >= 15 is 0 Å². The van der Waals surface area contributed by atoms with Gasteiger partial charge in [-0.25, -0.2) is 0 Å². The van der Waals surface area contributed by atoms with Crippen LogP contribution in [0.4, 0.5) is 0 Å². The van der Waals surface area contributed by atoms with E-state index in [2.05, 4.69) is 10.3 Å². The highest BCUT2D eigenvalue weighted by atomic mass is 16.5. The minimum atomic E-state index is 0.365. The van der Waals surface area contributed by atoms with Gasteiger partial charge >= 0.3 is 0 Å². The molecule has 0 unspecified atom stereocenters. The molecule has 86 valence electrons. The second-order valence-corrected chi connectivity index (χ2v) is 3.53. The Morgan fingerprint density at radius 3 is 2.82 bits per heavy atom. The van der Waals surface area contributed by atoms with Crippen molar-refractivity contribution in [3.63, 3.8) is 0 Å². The molecule has 1 heterocycles. The molecular weight excluding hydrogens is 216 g/mol. The zero-order valence-electron chi connectivity index (χ0n) is 9.50. The van der Waals surface area contributed by atoms with Crippen LogP contribution < -0.4 is 4.74 Å². The molecule has 1 aromatic carbocycles. The van der Waals surface area contributed by atoms with E-state index in [1.807, 2.05) is 36.4 Å². The summed E-state index contributed by atoms with van der Waals surface area (Å²) in [4.78, 5) is 0. The van der Waals surface area contributed by atoms with Crippen molar-refractivity contribution in [1.29, 1.82) is 5.26 Å². The van der Waals surface area contributed by atoms with Gasteiger partial charge in [-0.05, 0) is 12.1 Å². The molecule has 17 heavy (non-hydrogen) atoms. The van der Waals surface area contributed by atoms with Gasteiger partial charge in [0, 0.05) is 13.5 Å². The number of hydrogen-bond donors (Lipinski definition) is 0. The standard InChI is InChI=1S/C12H12N4O/c1-16-12(11(9-13)14-15-16)7-8-17-10-5-3-2-4-6-10/h2-6H,7-8H2,1H3. The van der Waals surface area contributed by atoms with E-state index in [-0.39, 0.29) is 0 Å². The fourth-order valence-electron chi connectivity index (χ4n) is 1.53. The van der Waals surface area contributed by atoms with Gasteiger partial charge in [-0.3, -0.25) is 4.68 Å². The van der Waals surface area contributed by atoms with Crippen molar-refractivity contribution in [1.82, 2.24) is 15.0 Å². The summed E-state index contributed by atoms with van der Waals surface area (Å²) >= 11 is 0. The van der Waals surface area contributed by atoms with Crippen LogP contribution in [0.5, 0.6) is 5.75 Å². The van der Waals surface area contributed by atoms with E-state index in [0.717, 1.165) is 11.4 Å². The van der Waals surface area contributed by atoms with Crippen molar-refractivity contribution in [2.75, 3.05) is 6.61 Å². The number of nitriles is 1. The average molecular weight is 228 g/mol. The lowest BCUT2D eigenvalue weighted by molar-refractivity contribution is 0.318. The molecule has 2 aromatic rings. The quantitative estimate of drug-likeness (QED) is 0.791. The molecule has 0 bridgehead atoms. The van der Waals surface area contributed by atoms with Gasteiger partial charge in [0.1, 0.15) is 11.8 Å². The molecule has 0 saturated carbocycles. The smallest absolute Gasteiger partial charge is 0.185 e. The van der Waals surface area contributed by atoms with Gasteiger partial charge in [0.2, 0.25) is 0 Å². The zero-order valence-corrected chi connectivity index (χ0v) is 9.50. The summed E-state index contributed by atoms with van der Waals surface area (Å²) in [5, 5.41) is 16.4. The maximum Gasteiger partial charge on any atom is 0.185 e. The van der Waals surface area contributed by atoms with Crippen molar-refractivity contribution >= 4 is 0 Å². The van der Waals surface area contributed by atoms with Crippen LogP contribution in [0.3, 0.4) is 0 Å². The number of aromatic nitrogens is 3. The first-order valence-electron chi connectivity index (χ1n) is 5.28. The number of nitrogens with zero attached hydrogens (tertiary/aromatic N) is 4. The Kier molecular flexibility index (Phi) is 3.36. The van der Waals surface area contributed by atoms with Crippen LogP contribution in [0.1, 0.15) is 11.4 Å². The van der Waals surface area contributed by atoms with Gasteiger partial charge in [-0.15, -0.1) is 5.10 Å². The van der Waals surface area contributed by atoms with E-state index in [1.165, 1.54) is 0 Å². The van der Waals surface area contributed by atoms with Crippen molar-refractivity contribution < 1.29 is 4.74 Å². The Hall–Kier alpha value is -2.35. The predicted molar refractivity (Wildman–Crippen MR) is 61.4 cm³/mol. The number of rotatable bonds is 4. The maximum atomic E-state index is 8.84. The number of aryl methyl sites for hydroxylation is 1. The largest absolute Gasteiger partial charge is 0.493 e. The molecule has 0 aliphatic carbocycles. The van der Waals surface area contributed by atoms with E-state index in [9.17, 15) is 0 Å². The van der Waals surface area contributed by atoms with E-state index in [0.29, 0.717) is 18.7 Å². The van der Waals surface area contributed by atoms with Crippen LogP contribution in [0.15, 0.2) is 30.3 Å². The fourth-order valence-corrected chi connectivity index (χ4v) is 1.53. The van der Waals surface area contributed by atoms with Crippen LogP contribution in [-0.4, -0.2) is 21.6 Å². The van der Waals surface area contributed by atoms with E-state index in [1.54, 1.807) is 11.7 Å². The third-order valence-electron chi connectivity index (χ3n) is 2.40. The third kappa shape index (κ3) is 2.61. The van der Waals surface area contributed by atoms with Crippen LogP contribution in [0.25, 0.3) is 0 Å². The molecule has 0 saturated heterocycles. The van der Waals surface area contributed by atoms with Gasteiger partial charge < -0.3 is 4.74 Å². The van der Waals surface area contributed by atoms with Crippen molar-refractivity contribution in [2.45, 2.75) is 6.42 Å². The van der Waals surface area contributed by atoms with Crippen LogP contribution >= 0.6 is 0 Å². The van der Waals surface area contributed by atoms with Crippen LogP contribution in [-0.2, 0) is 13.5 Å². The van der Waals surface area contributed by atoms with Gasteiger partial charge in [-0.1, -0.05) is 23.4 Å². The van der Waals surface area contributed by atoms with Gasteiger partial charge in [0.05, 0.1) is 12.3 Å². The molecule has 5 heteroatoms. The average Bonchev–Trinajstić information content (AvgIpc) is 2.72. The number of benzene rings is 1. The van der Waals surface area contributed by atoms with Crippen molar-refractivity contribution in [3.05, 3.63) is 41.7 Å². The summed E-state index contributed by atoms with van der Waals surface area (Å²) in [6.07, 6.45) is 0.612. The normalized spacial score (nSPS) is 9.88. The van der Waals surface area contributed by atoms with Gasteiger partial charge in [0.25, 0.3) is 0 Å². The third-order valence-corrected chi connectivity index (χ3v) is 2.40. The van der Waals surface area contributed by atoms with E-state index in [4.69, 9.17) is 10.00 Å². The van der Waals surface area contributed by atoms with Crippen molar-refractivity contribution in [2.24, 2.45) is 7.05 Å². The zero-order chi connectivity index (χ0) is 12.1. The second kappa shape index (κ2) is 5.12. The molecule has 0 aliphatic rings. The molecule has 0 amide bonds. The Morgan fingerprint density at radius 2 is 2.12 bits per heavy atom. The summed E-state index contributed by atoms with van der Waals surface area (Å²) < 4.78 is 7.16. The number of ether oxygens (including phenoxy) is 1. The highest BCUT2D eigenvalue weighted by molar-refractivity contribution is 5.25. The van der Waals surface area contributed by atoms with E-state index < -0.39 is 0 Å². The van der Waals surface area contributed by atoms with Crippen molar-refractivity contribution in [3.8, 4) is 11.8 Å². The molecule has 5 nitrogen and oxygen atoms in total. The topological polar surface area (TPSA) is 63.7 Å². The fraction of sp³-hybridized carbons (Fsp3) is 0.250. The van der Waals surface area contributed by atoms with Crippen LogP contribution in [0.2, 0.25) is 0 Å². The predicted octanol–water partition coefficient (Wildman–Crippen LogP) is 1.31. The van der Waals surface area contributed by atoms with Crippen LogP contribution in [0, 0.1) is 11.3 Å². The Bertz CT molecular complexity index is 527. The Balaban J connectivity index is 1.95. The highest BCUT2D eigenvalue weighted by Crippen LogP contribution is 2.10. The SMILES string of the molecule is Cn1nnc(C#N)c1CCOc1ccccc1. The molecule has 0 radical (unpaired) electrons. The number of para-hydroxylation sites is 1. The molecule has 1 aromatic heterocycles. The molecule has 2 rings (SSSR count). The summed E-state index contributed by atoms with van der Waals surface area (Å²) in [6, 6.07) is 11.6. The first-order chi connectivity index (χ1) is 8.31. The lowest BCUT2D eigenvalue weighted by Crippen LogP contribution is -2.07. The summed E-state index contributed by atoms with van der Waals surface area (Å²) in [5.41, 5.74) is 1.16. The lowest BCUT2D eigenvalue weighted by atomic mass is 10.2. The first-order valence-corrected chi connectivity index (χ1v) is 5.28. The summed E-state index contributed by atoms with van der Waals surface area (Å²) in [7, 11) is 1.77. The molecule has 0 N–H and O–H groups in total. The first kappa shape index (κ1) is 11.1. The second-order valence-electron chi connectivity index (χ2n) is 3.53. The molecule has 0 aliphatic heterocycles. The Labute approximate surface area is 99.2 Å². The summed E-state index contributed by atoms with van der Waals surface area (Å²) in [5.74, 6) is 0.820. The molecule has 0 spiro atoms. The Morgan fingerprint density at radius 1 is 1.35 bits per heavy atom. The maximum absolute atomic E-state index is 8.84. The number of hydrogen-bond acceptors (Lipinski definition) is 4. The summed E-state index contributed by atoms with van der Waals surface area (Å²) in [6.45, 7) is 0.500. The minimum absolute atomic E-state index is 0.365. The molecular formula is C12H12N4O. The van der Waals surface area contributed by atoms with Gasteiger partial charge in [0.15, 0.2) is 5.69 Å². The highest BCUT2D eigenvalue weighted by Gasteiger charge is 2.09. The minimum Gasteiger partial charge on any atom is -0.493 e. The lowest BCUT2D eigenvalue weighted by Gasteiger charge is -2.05. The molecule has 0 fully saturated rings. The van der Waals surface area contributed by atoms with Gasteiger partial charge in [-0.2, -0.15) is 5.26 Å². The monoisotopic (exact) mass is 228 g/mol. The molecule has 0 atom stereocenters.